The predicted octanol–water partition coefficient (Wildman–Crippen LogP) is 7.68. The number of imidazole rings is 2. The van der Waals surface area contributed by atoms with Crippen LogP contribution in [0.2, 0.25) is 0 Å². The summed E-state index contributed by atoms with van der Waals surface area (Å²) >= 11 is 0. The molecule has 0 radical (unpaired) electrons. The number of nitrogens with zero attached hydrogens (tertiary/aromatic N) is 5. The summed E-state index contributed by atoms with van der Waals surface area (Å²) in [6.07, 6.45) is 6.21. The Hall–Kier alpha value is -5.29. The lowest BCUT2D eigenvalue weighted by atomic mass is 10.0. The zero-order chi connectivity index (χ0) is 25.1. The van der Waals surface area contributed by atoms with Gasteiger partial charge in [-0.3, -0.25) is 4.40 Å². The van der Waals surface area contributed by atoms with E-state index in [-0.39, 0.29) is 0 Å². The molecular weight excluding hydrogens is 466 g/mol. The smallest absolute Gasteiger partial charge is 0.138 e. The molecule has 0 atom stereocenters. The molecule has 0 bridgehead atoms. The van der Waals surface area contributed by atoms with Crippen LogP contribution in [0.15, 0.2) is 128 Å². The van der Waals surface area contributed by atoms with Gasteiger partial charge in [0.15, 0.2) is 0 Å². The summed E-state index contributed by atoms with van der Waals surface area (Å²) in [6, 6.07) is 37.5. The van der Waals surface area contributed by atoms with Gasteiger partial charge in [0.2, 0.25) is 0 Å². The van der Waals surface area contributed by atoms with Crippen molar-refractivity contribution in [2.24, 2.45) is 0 Å². The van der Waals surface area contributed by atoms with Crippen molar-refractivity contribution in [2.75, 3.05) is 0 Å². The van der Waals surface area contributed by atoms with E-state index in [4.69, 9.17) is 15.0 Å². The number of benzene rings is 3. The first-order valence-electron chi connectivity index (χ1n) is 12.6. The van der Waals surface area contributed by atoms with Crippen molar-refractivity contribution in [3.05, 3.63) is 128 Å². The van der Waals surface area contributed by atoms with Gasteiger partial charge in [0.1, 0.15) is 16.8 Å². The van der Waals surface area contributed by atoms with Gasteiger partial charge in [0.25, 0.3) is 0 Å². The molecule has 0 aliphatic rings. The highest BCUT2D eigenvalue weighted by molar-refractivity contribution is 6.09. The molecule has 5 heteroatoms. The molecule has 3 aromatic carbocycles. The Morgan fingerprint density at radius 2 is 1.32 bits per heavy atom. The summed E-state index contributed by atoms with van der Waals surface area (Å²) in [5.41, 5.74) is 11.0. The molecule has 8 aromatic rings. The van der Waals surface area contributed by atoms with Crippen molar-refractivity contribution < 1.29 is 0 Å². The first-order chi connectivity index (χ1) is 18.8. The number of para-hydroxylation sites is 1. The normalized spacial score (nSPS) is 11.7. The Morgan fingerprint density at radius 1 is 0.526 bits per heavy atom. The van der Waals surface area contributed by atoms with Gasteiger partial charge in [-0.05, 0) is 47.5 Å². The second kappa shape index (κ2) is 8.11. The van der Waals surface area contributed by atoms with Crippen molar-refractivity contribution in [1.82, 2.24) is 23.8 Å². The lowest BCUT2D eigenvalue weighted by Crippen LogP contribution is -1.92. The molecule has 5 heterocycles. The fraction of sp³-hybridized carbons (Fsp3) is 0. The molecule has 8 rings (SSSR count). The van der Waals surface area contributed by atoms with Gasteiger partial charge in [-0.1, -0.05) is 72.8 Å². The highest BCUT2D eigenvalue weighted by atomic mass is 15.0. The van der Waals surface area contributed by atoms with E-state index in [9.17, 15) is 0 Å². The van der Waals surface area contributed by atoms with Crippen LogP contribution in [0.3, 0.4) is 0 Å². The van der Waals surface area contributed by atoms with Crippen LogP contribution in [0.25, 0.3) is 66.9 Å². The number of hydrogen-bond donors (Lipinski definition) is 0. The Bertz CT molecular complexity index is 2140. The molecule has 0 N–H and O–H groups in total. The third kappa shape index (κ3) is 3.22. The molecule has 178 valence electrons. The van der Waals surface area contributed by atoms with Crippen LogP contribution in [0, 0.1) is 0 Å². The molecule has 5 aromatic heterocycles. The number of fused-ring (bicyclic) bond motifs is 6. The van der Waals surface area contributed by atoms with E-state index in [0.717, 1.165) is 66.9 Å². The minimum atomic E-state index is 0.914. The van der Waals surface area contributed by atoms with E-state index in [1.54, 1.807) is 0 Å². The maximum absolute atomic E-state index is 5.14. The second-order valence-electron chi connectivity index (χ2n) is 9.47. The topological polar surface area (TPSA) is 47.5 Å². The summed E-state index contributed by atoms with van der Waals surface area (Å²) in [5, 5.41) is 1.06. The molecular formula is C33H21N5. The standard InChI is InChI=1S/C33H21N5/c1-2-9-22(10-3-1)28-21-37-18-16-24(20-30(37)34-28)23-11-8-12-25(19-23)31-33-32(26-13-4-5-14-27(26)35-31)36-29-15-6-7-17-38(29)33/h1-21H. The number of aromatic nitrogens is 5. The Kier molecular flexibility index (Phi) is 4.45. The molecule has 0 saturated carbocycles. The fourth-order valence-electron chi connectivity index (χ4n) is 5.31. The van der Waals surface area contributed by atoms with Gasteiger partial charge < -0.3 is 4.40 Å². The van der Waals surface area contributed by atoms with E-state index < -0.39 is 0 Å². The molecule has 0 amide bonds. The van der Waals surface area contributed by atoms with Crippen molar-refractivity contribution in [3.8, 4) is 33.6 Å². The summed E-state index contributed by atoms with van der Waals surface area (Å²) in [7, 11) is 0. The van der Waals surface area contributed by atoms with Gasteiger partial charge in [-0.2, -0.15) is 0 Å². The average Bonchev–Trinajstić information content (AvgIpc) is 3.59. The number of pyridine rings is 3. The molecule has 0 aliphatic carbocycles. The van der Waals surface area contributed by atoms with Crippen LogP contribution in [0.4, 0.5) is 0 Å². The van der Waals surface area contributed by atoms with E-state index in [2.05, 4.69) is 88.1 Å². The van der Waals surface area contributed by atoms with E-state index >= 15 is 0 Å². The predicted molar refractivity (Wildman–Crippen MR) is 153 cm³/mol. The summed E-state index contributed by atoms with van der Waals surface area (Å²) in [5.74, 6) is 0. The molecule has 0 spiro atoms. The quantitative estimate of drug-likeness (QED) is 0.257. The lowest BCUT2D eigenvalue weighted by Gasteiger charge is -2.09. The summed E-state index contributed by atoms with van der Waals surface area (Å²) < 4.78 is 4.21. The maximum atomic E-state index is 5.14. The van der Waals surface area contributed by atoms with E-state index in [1.165, 1.54) is 0 Å². The highest BCUT2D eigenvalue weighted by Gasteiger charge is 2.16. The molecule has 0 saturated heterocycles. The van der Waals surface area contributed by atoms with E-state index in [1.807, 2.05) is 48.5 Å². The Morgan fingerprint density at radius 3 is 2.26 bits per heavy atom. The monoisotopic (exact) mass is 487 g/mol. The van der Waals surface area contributed by atoms with Gasteiger partial charge in [-0.15, -0.1) is 0 Å². The minimum Gasteiger partial charge on any atom is -0.306 e. The molecule has 0 aliphatic heterocycles. The van der Waals surface area contributed by atoms with Gasteiger partial charge in [0.05, 0.1) is 22.4 Å². The average molecular weight is 488 g/mol. The zero-order valence-electron chi connectivity index (χ0n) is 20.4. The highest BCUT2D eigenvalue weighted by Crippen LogP contribution is 2.35. The van der Waals surface area contributed by atoms with Crippen molar-refractivity contribution >= 4 is 33.2 Å². The Labute approximate surface area is 218 Å². The van der Waals surface area contributed by atoms with Gasteiger partial charge in [0, 0.05) is 35.1 Å². The lowest BCUT2D eigenvalue weighted by molar-refractivity contribution is 1.19. The van der Waals surface area contributed by atoms with Crippen LogP contribution in [-0.4, -0.2) is 23.8 Å². The molecule has 38 heavy (non-hydrogen) atoms. The molecule has 5 nitrogen and oxygen atoms in total. The third-order valence-corrected chi connectivity index (χ3v) is 7.14. The third-order valence-electron chi connectivity index (χ3n) is 7.14. The number of hydrogen-bond acceptors (Lipinski definition) is 3. The van der Waals surface area contributed by atoms with Crippen molar-refractivity contribution in [3.63, 3.8) is 0 Å². The van der Waals surface area contributed by atoms with Crippen LogP contribution >= 0.6 is 0 Å². The van der Waals surface area contributed by atoms with Crippen molar-refractivity contribution in [2.45, 2.75) is 0 Å². The molecule has 0 unspecified atom stereocenters. The van der Waals surface area contributed by atoms with Crippen LogP contribution < -0.4 is 0 Å². The summed E-state index contributed by atoms with van der Waals surface area (Å²) in [4.78, 5) is 15.0. The maximum Gasteiger partial charge on any atom is 0.138 e. The largest absolute Gasteiger partial charge is 0.306 e. The fourth-order valence-corrected chi connectivity index (χ4v) is 5.31. The SMILES string of the molecule is c1ccc(-c2cn3ccc(-c4cccc(-c5nc6ccccc6c6nc7ccccn7c56)c4)cc3n2)cc1. The van der Waals surface area contributed by atoms with Gasteiger partial charge in [-0.25, -0.2) is 15.0 Å². The Balaban J connectivity index is 1.30. The minimum absolute atomic E-state index is 0.914. The number of rotatable bonds is 3. The first-order valence-corrected chi connectivity index (χ1v) is 12.6. The van der Waals surface area contributed by atoms with Crippen LogP contribution in [-0.2, 0) is 0 Å². The van der Waals surface area contributed by atoms with E-state index in [0.29, 0.717) is 0 Å². The molecule has 0 fully saturated rings. The van der Waals surface area contributed by atoms with Gasteiger partial charge >= 0.3 is 0 Å². The first kappa shape index (κ1) is 20.9. The van der Waals surface area contributed by atoms with Crippen LogP contribution in [0.1, 0.15) is 0 Å². The second-order valence-corrected chi connectivity index (χ2v) is 9.47. The zero-order valence-corrected chi connectivity index (χ0v) is 20.4. The van der Waals surface area contributed by atoms with Crippen molar-refractivity contribution in [1.29, 1.82) is 0 Å². The summed E-state index contributed by atoms with van der Waals surface area (Å²) in [6.45, 7) is 0. The van der Waals surface area contributed by atoms with Crippen LogP contribution in [0.5, 0.6) is 0 Å².